The molecule has 2 N–H and O–H groups in total. The van der Waals surface area contributed by atoms with Crippen LogP contribution < -0.4 is 5.32 Å². The second-order valence-corrected chi connectivity index (χ2v) is 8.96. The lowest BCUT2D eigenvalue weighted by Gasteiger charge is -2.25. The molecule has 1 aromatic carbocycles. The summed E-state index contributed by atoms with van der Waals surface area (Å²) in [7, 11) is 2.98. The predicted octanol–water partition coefficient (Wildman–Crippen LogP) is 2.71. The van der Waals surface area contributed by atoms with Gasteiger partial charge in [0.2, 0.25) is 11.8 Å². The van der Waals surface area contributed by atoms with Crippen LogP contribution in [0.15, 0.2) is 24.3 Å². The van der Waals surface area contributed by atoms with Crippen molar-refractivity contribution in [2.24, 2.45) is 5.92 Å². The maximum absolute atomic E-state index is 13.1. The maximum atomic E-state index is 13.1. The molecule has 1 aromatic rings. The van der Waals surface area contributed by atoms with Crippen molar-refractivity contribution in [2.75, 3.05) is 24.6 Å². The fourth-order valence-electron chi connectivity index (χ4n) is 2.81. The van der Waals surface area contributed by atoms with Crippen molar-refractivity contribution in [1.82, 2.24) is 10.2 Å². The summed E-state index contributed by atoms with van der Waals surface area (Å²) in [5, 5.41) is 11.4. The number of amides is 2. The number of hydrogen-bond acceptors (Lipinski definition) is 5. The molecule has 2 amide bonds. The largest absolute Gasteiger partial charge is 0.481 e. The summed E-state index contributed by atoms with van der Waals surface area (Å²) in [4.78, 5) is 36.6. The number of nitrogens with one attached hydrogen (secondary N) is 1. The molecule has 0 spiro atoms. The SMILES string of the molecule is C[C@@H](c1ccc(F)cc1)N1CC(C(=O)NCCSSCCC(=O)O)CC1=O. The Morgan fingerprint density at radius 3 is 2.63 bits per heavy atom. The van der Waals surface area contributed by atoms with Crippen LogP contribution in [0.25, 0.3) is 0 Å². The van der Waals surface area contributed by atoms with Crippen molar-refractivity contribution in [1.29, 1.82) is 0 Å². The molecule has 148 valence electrons. The first-order chi connectivity index (χ1) is 12.9. The number of nitrogens with zero attached hydrogens (tertiary/aromatic N) is 1. The Bertz CT molecular complexity index is 672. The van der Waals surface area contributed by atoms with Gasteiger partial charge < -0.3 is 15.3 Å². The summed E-state index contributed by atoms with van der Waals surface area (Å²) in [5.74, 6) is -0.547. The predicted molar refractivity (Wildman–Crippen MR) is 105 cm³/mol. The van der Waals surface area contributed by atoms with Crippen molar-refractivity contribution >= 4 is 39.4 Å². The van der Waals surface area contributed by atoms with Crippen molar-refractivity contribution in [3.05, 3.63) is 35.6 Å². The van der Waals surface area contributed by atoms with Gasteiger partial charge >= 0.3 is 5.97 Å². The Balaban J connectivity index is 1.73. The van der Waals surface area contributed by atoms with Crippen LogP contribution >= 0.6 is 21.6 Å². The van der Waals surface area contributed by atoms with E-state index in [1.165, 1.54) is 33.7 Å². The third-order valence-corrected chi connectivity index (χ3v) is 6.72. The molecule has 1 fully saturated rings. The number of hydrogen-bond donors (Lipinski definition) is 2. The molecule has 0 aromatic heterocycles. The van der Waals surface area contributed by atoms with Gasteiger partial charge in [-0.3, -0.25) is 14.4 Å². The van der Waals surface area contributed by atoms with Gasteiger partial charge in [0.05, 0.1) is 18.4 Å². The van der Waals surface area contributed by atoms with Crippen LogP contribution in [0.3, 0.4) is 0 Å². The lowest BCUT2D eigenvalue weighted by Crippen LogP contribution is -2.34. The molecular formula is C18H23FN2O4S2. The van der Waals surface area contributed by atoms with E-state index in [0.717, 1.165) is 5.56 Å². The fraction of sp³-hybridized carbons (Fsp3) is 0.500. The van der Waals surface area contributed by atoms with Gasteiger partial charge in [0.1, 0.15) is 5.82 Å². The summed E-state index contributed by atoms with van der Waals surface area (Å²) < 4.78 is 13.1. The van der Waals surface area contributed by atoms with Crippen LogP contribution in [-0.4, -0.2) is 52.4 Å². The van der Waals surface area contributed by atoms with Gasteiger partial charge in [0.25, 0.3) is 0 Å². The first-order valence-electron chi connectivity index (χ1n) is 8.67. The van der Waals surface area contributed by atoms with Gasteiger partial charge in [-0.05, 0) is 24.6 Å². The number of carbonyl (C=O) groups excluding carboxylic acids is 2. The third kappa shape index (κ3) is 6.73. The Morgan fingerprint density at radius 1 is 1.30 bits per heavy atom. The van der Waals surface area contributed by atoms with Crippen LogP contribution in [0, 0.1) is 11.7 Å². The topological polar surface area (TPSA) is 86.7 Å². The van der Waals surface area contributed by atoms with Gasteiger partial charge in [-0.2, -0.15) is 0 Å². The molecule has 0 saturated carbocycles. The molecule has 6 nitrogen and oxygen atoms in total. The first-order valence-corrected chi connectivity index (χ1v) is 11.2. The average Bonchev–Trinajstić information content (AvgIpc) is 3.02. The third-order valence-electron chi connectivity index (χ3n) is 4.32. The maximum Gasteiger partial charge on any atom is 0.304 e. The minimum absolute atomic E-state index is 0.0782. The summed E-state index contributed by atoms with van der Waals surface area (Å²) in [6.45, 7) is 2.70. The highest BCUT2D eigenvalue weighted by atomic mass is 33.1. The van der Waals surface area contributed by atoms with Gasteiger partial charge in [-0.25, -0.2) is 4.39 Å². The van der Waals surface area contributed by atoms with E-state index in [2.05, 4.69) is 5.32 Å². The zero-order valence-corrected chi connectivity index (χ0v) is 16.7. The molecule has 1 saturated heterocycles. The first kappa shape index (κ1) is 21.6. The van der Waals surface area contributed by atoms with E-state index in [4.69, 9.17) is 5.11 Å². The van der Waals surface area contributed by atoms with E-state index in [0.29, 0.717) is 24.6 Å². The number of carbonyl (C=O) groups is 3. The highest BCUT2D eigenvalue weighted by Crippen LogP contribution is 2.28. The van der Waals surface area contributed by atoms with Crippen molar-refractivity contribution < 1.29 is 23.9 Å². The van der Waals surface area contributed by atoms with Gasteiger partial charge in [0.15, 0.2) is 0 Å². The minimum Gasteiger partial charge on any atom is -0.481 e. The lowest BCUT2D eigenvalue weighted by molar-refractivity contribution is -0.136. The van der Waals surface area contributed by atoms with Crippen molar-refractivity contribution in [2.45, 2.75) is 25.8 Å². The molecule has 2 rings (SSSR count). The van der Waals surface area contributed by atoms with E-state index in [-0.39, 0.29) is 42.4 Å². The highest BCUT2D eigenvalue weighted by Gasteiger charge is 2.36. The van der Waals surface area contributed by atoms with Gasteiger partial charge in [-0.15, -0.1) is 0 Å². The Morgan fingerprint density at radius 2 is 1.96 bits per heavy atom. The highest BCUT2D eigenvalue weighted by molar-refractivity contribution is 8.76. The minimum atomic E-state index is -0.818. The number of benzene rings is 1. The number of aliphatic carboxylic acids is 1. The quantitative estimate of drug-likeness (QED) is 0.452. The molecule has 27 heavy (non-hydrogen) atoms. The smallest absolute Gasteiger partial charge is 0.304 e. The summed E-state index contributed by atoms with van der Waals surface area (Å²) in [5.41, 5.74) is 0.834. The molecular weight excluding hydrogens is 391 g/mol. The average molecular weight is 415 g/mol. The lowest BCUT2D eigenvalue weighted by atomic mass is 10.1. The van der Waals surface area contributed by atoms with Gasteiger partial charge in [0, 0.05) is 31.0 Å². The van der Waals surface area contributed by atoms with E-state index >= 15 is 0 Å². The van der Waals surface area contributed by atoms with Crippen LogP contribution in [0.1, 0.15) is 31.4 Å². The Kier molecular flexibility index (Phi) is 8.43. The molecule has 9 heteroatoms. The number of carboxylic acid groups (broad SMARTS) is 1. The van der Waals surface area contributed by atoms with Gasteiger partial charge in [-0.1, -0.05) is 33.7 Å². The van der Waals surface area contributed by atoms with Crippen molar-refractivity contribution in [3.8, 4) is 0 Å². The van der Waals surface area contributed by atoms with E-state index < -0.39 is 5.97 Å². The Hall–Kier alpha value is -1.74. The van der Waals surface area contributed by atoms with Crippen molar-refractivity contribution in [3.63, 3.8) is 0 Å². The molecule has 0 bridgehead atoms. The summed E-state index contributed by atoms with van der Waals surface area (Å²) in [6, 6.07) is 5.82. The molecule has 0 aliphatic carbocycles. The number of rotatable bonds is 10. The molecule has 1 unspecified atom stereocenters. The normalized spacial score (nSPS) is 17.8. The molecule has 0 radical (unpaired) electrons. The van der Waals surface area contributed by atoms with E-state index in [1.54, 1.807) is 17.0 Å². The Labute approximate surface area is 165 Å². The zero-order chi connectivity index (χ0) is 19.8. The molecule has 2 atom stereocenters. The summed E-state index contributed by atoms with van der Waals surface area (Å²) >= 11 is 0. The summed E-state index contributed by atoms with van der Waals surface area (Å²) in [6.07, 6.45) is 0.300. The molecule has 1 aliphatic heterocycles. The monoisotopic (exact) mass is 414 g/mol. The number of carboxylic acids is 1. The fourth-order valence-corrected chi connectivity index (χ4v) is 4.70. The number of halogens is 1. The van der Waals surface area contributed by atoms with Crippen LogP contribution in [-0.2, 0) is 14.4 Å². The molecule has 1 aliphatic rings. The van der Waals surface area contributed by atoms with Crippen LogP contribution in [0.2, 0.25) is 0 Å². The molecule has 1 heterocycles. The zero-order valence-electron chi connectivity index (χ0n) is 15.0. The van der Waals surface area contributed by atoms with Crippen LogP contribution in [0.4, 0.5) is 4.39 Å². The van der Waals surface area contributed by atoms with Crippen LogP contribution in [0.5, 0.6) is 0 Å². The second kappa shape index (κ2) is 10.6. The second-order valence-electron chi connectivity index (χ2n) is 6.25. The van der Waals surface area contributed by atoms with E-state index in [1.807, 2.05) is 6.92 Å². The van der Waals surface area contributed by atoms with E-state index in [9.17, 15) is 18.8 Å². The number of likely N-dealkylation sites (tertiary alicyclic amines) is 1. The standard InChI is InChI=1S/C18H23FN2O4S2/c1-12(13-2-4-15(19)5-3-13)21-11-14(10-16(21)22)18(25)20-7-9-27-26-8-6-17(23)24/h2-5,12,14H,6-11H2,1H3,(H,20,25)(H,23,24)/t12-,14?/m0/s1.